The van der Waals surface area contributed by atoms with E-state index in [1.54, 1.807) is 0 Å². The van der Waals surface area contributed by atoms with Crippen LogP contribution in [-0.4, -0.2) is 22.6 Å². The molecule has 3 heteroatoms. The van der Waals surface area contributed by atoms with Crippen molar-refractivity contribution in [3.05, 3.63) is 29.3 Å². The van der Waals surface area contributed by atoms with Gasteiger partial charge in [0.15, 0.2) is 5.11 Å². The average Bonchev–Trinajstić information content (AvgIpc) is 2.35. The zero-order chi connectivity index (χ0) is 13.1. The highest BCUT2D eigenvalue weighted by molar-refractivity contribution is 7.80. The number of rotatable bonds is 1. The van der Waals surface area contributed by atoms with Gasteiger partial charge in [-0.2, -0.15) is 0 Å². The van der Waals surface area contributed by atoms with E-state index >= 15 is 0 Å². The molecule has 0 amide bonds. The van der Waals surface area contributed by atoms with Crippen LogP contribution in [0, 0.1) is 13.8 Å². The Kier molecular flexibility index (Phi) is 4.23. The van der Waals surface area contributed by atoms with Crippen LogP contribution in [0.3, 0.4) is 0 Å². The molecule has 1 aromatic carbocycles. The fourth-order valence-corrected chi connectivity index (χ4v) is 2.85. The van der Waals surface area contributed by atoms with Crippen molar-refractivity contribution >= 4 is 23.0 Å². The number of nitrogens with zero attached hydrogens (tertiary/aromatic N) is 1. The van der Waals surface area contributed by atoms with Crippen LogP contribution in [0.5, 0.6) is 0 Å². The minimum atomic E-state index is 0.559. The summed E-state index contributed by atoms with van der Waals surface area (Å²) in [6, 6.07) is 6.87. The van der Waals surface area contributed by atoms with Gasteiger partial charge in [-0.1, -0.05) is 12.1 Å². The van der Waals surface area contributed by atoms with Crippen LogP contribution in [0.2, 0.25) is 0 Å². The van der Waals surface area contributed by atoms with Gasteiger partial charge in [0.25, 0.3) is 0 Å². The Morgan fingerprint density at radius 3 is 2.83 bits per heavy atom. The van der Waals surface area contributed by atoms with Crippen molar-refractivity contribution in [1.29, 1.82) is 0 Å². The largest absolute Gasteiger partial charge is 0.346 e. The van der Waals surface area contributed by atoms with Crippen LogP contribution < -0.4 is 5.32 Å². The van der Waals surface area contributed by atoms with Crippen LogP contribution in [0.25, 0.3) is 0 Å². The van der Waals surface area contributed by atoms with E-state index in [0.29, 0.717) is 6.04 Å². The van der Waals surface area contributed by atoms with Gasteiger partial charge in [-0.3, -0.25) is 0 Å². The number of hydrogen-bond acceptors (Lipinski definition) is 1. The lowest BCUT2D eigenvalue weighted by Crippen LogP contribution is -2.44. The zero-order valence-electron chi connectivity index (χ0n) is 11.5. The molecule has 0 aromatic heterocycles. The Labute approximate surface area is 115 Å². The second kappa shape index (κ2) is 5.70. The Morgan fingerprint density at radius 1 is 1.33 bits per heavy atom. The minimum Gasteiger partial charge on any atom is -0.346 e. The van der Waals surface area contributed by atoms with E-state index in [-0.39, 0.29) is 0 Å². The molecular formula is C15H22N2S. The number of thiocarbonyl (C=S) groups is 1. The first kappa shape index (κ1) is 13.3. The number of piperidine rings is 1. The maximum atomic E-state index is 5.55. The molecule has 0 saturated carbocycles. The van der Waals surface area contributed by atoms with E-state index in [2.05, 4.69) is 49.2 Å². The highest BCUT2D eigenvalue weighted by atomic mass is 32.1. The second-order valence-electron chi connectivity index (χ2n) is 5.22. The molecule has 0 aliphatic carbocycles. The lowest BCUT2D eigenvalue weighted by atomic mass is 10.0. The van der Waals surface area contributed by atoms with Gasteiger partial charge in [-0.25, -0.2) is 0 Å². The third kappa shape index (κ3) is 2.83. The van der Waals surface area contributed by atoms with Crippen LogP contribution >= 0.6 is 12.2 Å². The van der Waals surface area contributed by atoms with Gasteiger partial charge in [0.2, 0.25) is 0 Å². The van der Waals surface area contributed by atoms with Gasteiger partial charge in [-0.05, 0) is 69.4 Å². The number of benzene rings is 1. The number of aryl methyl sites for hydroxylation is 1. The first-order valence-electron chi connectivity index (χ1n) is 6.73. The summed E-state index contributed by atoms with van der Waals surface area (Å²) in [5.41, 5.74) is 3.72. The van der Waals surface area contributed by atoms with E-state index in [9.17, 15) is 0 Å². The van der Waals surface area contributed by atoms with Crippen molar-refractivity contribution in [3.8, 4) is 0 Å². The number of nitrogens with one attached hydrogen (secondary N) is 1. The molecule has 1 aliphatic rings. The number of hydrogen-bond donors (Lipinski definition) is 1. The average molecular weight is 262 g/mol. The molecule has 1 aliphatic heterocycles. The SMILES string of the molecule is Cc1cccc(NC(=S)N2CCCC[C@H]2C)c1C. The van der Waals surface area contributed by atoms with Crippen molar-refractivity contribution in [2.75, 3.05) is 11.9 Å². The monoisotopic (exact) mass is 262 g/mol. The van der Waals surface area contributed by atoms with Crippen molar-refractivity contribution in [1.82, 2.24) is 4.90 Å². The predicted octanol–water partition coefficient (Wildman–Crippen LogP) is 3.87. The fourth-order valence-electron chi connectivity index (χ4n) is 2.47. The summed E-state index contributed by atoms with van der Waals surface area (Å²) in [5, 5.41) is 4.28. The van der Waals surface area contributed by atoms with Crippen LogP contribution in [0.15, 0.2) is 18.2 Å². The van der Waals surface area contributed by atoms with Crippen molar-refractivity contribution in [3.63, 3.8) is 0 Å². The first-order chi connectivity index (χ1) is 8.59. The van der Waals surface area contributed by atoms with E-state index < -0.39 is 0 Å². The molecule has 1 heterocycles. The van der Waals surface area contributed by atoms with E-state index in [0.717, 1.165) is 17.3 Å². The van der Waals surface area contributed by atoms with Gasteiger partial charge in [0.05, 0.1) is 0 Å². The smallest absolute Gasteiger partial charge is 0.173 e. The Hall–Kier alpha value is -1.09. The molecule has 98 valence electrons. The van der Waals surface area contributed by atoms with Gasteiger partial charge >= 0.3 is 0 Å². The van der Waals surface area contributed by atoms with E-state index in [1.807, 2.05) is 0 Å². The molecule has 0 radical (unpaired) electrons. The standard InChI is InChI=1S/C15H22N2S/c1-11-7-6-9-14(13(11)3)16-15(18)17-10-5-4-8-12(17)2/h6-7,9,12H,4-5,8,10H2,1-3H3,(H,16,18)/t12-/m1/s1. The normalized spacial score (nSPS) is 19.7. The second-order valence-corrected chi connectivity index (χ2v) is 5.60. The fraction of sp³-hybridized carbons (Fsp3) is 0.533. The third-order valence-electron chi connectivity index (χ3n) is 3.91. The maximum absolute atomic E-state index is 5.55. The molecule has 1 aromatic rings. The summed E-state index contributed by atoms with van der Waals surface area (Å²) in [7, 11) is 0. The molecule has 1 saturated heterocycles. The molecule has 0 unspecified atom stereocenters. The Morgan fingerprint density at radius 2 is 2.11 bits per heavy atom. The lowest BCUT2D eigenvalue weighted by Gasteiger charge is -2.35. The molecule has 2 nitrogen and oxygen atoms in total. The summed E-state index contributed by atoms with van der Waals surface area (Å²) < 4.78 is 0. The van der Waals surface area contributed by atoms with E-state index in [4.69, 9.17) is 12.2 Å². The molecule has 2 rings (SSSR count). The number of likely N-dealkylation sites (tertiary alicyclic amines) is 1. The van der Waals surface area contributed by atoms with Crippen LogP contribution in [0.1, 0.15) is 37.3 Å². The van der Waals surface area contributed by atoms with Gasteiger partial charge in [0, 0.05) is 18.3 Å². The molecule has 1 atom stereocenters. The van der Waals surface area contributed by atoms with Gasteiger partial charge in [0.1, 0.15) is 0 Å². The molecule has 1 N–H and O–H groups in total. The molecule has 0 spiro atoms. The molecule has 18 heavy (non-hydrogen) atoms. The summed E-state index contributed by atoms with van der Waals surface area (Å²) in [6.07, 6.45) is 3.82. The van der Waals surface area contributed by atoms with Gasteiger partial charge < -0.3 is 10.2 Å². The molecular weight excluding hydrogens is 240 g/mol. The van der Waals surface area contributed by atoms with Crippen molar-refractivity contribution in [2.24, 2.45) is 0 Å². The molecule has 0 bridgehead atoms. The maximum Gasteiger partial charge on any atom is 0.173 e. The minimum absolute atomic E-state index is 0.559. The first-order valence-corrected chi connectivity index (χ1v) is 7.14. The Balaban J connectivity index is 2.09. The highest BCUT2D eigenvalue weighted by Gasteiger charge is 2.20. The summed E-state index contributed by atoms with van der Waals surface area (Å²) in [4.78, 5) is 2.32. The quantitative estimate of drug-likeness (QED) is 0.773. The van der Waals surface area contributed by atoms with Crippen LogP contribution in [-0.2, 0) is 0 Å². The van der Waals surface area contributed by atoms with Crippen LogP contribution in [0.4, 0.5) is 5.69 Å². The Bertz CT molecular complexity index is 442. The summed E-state index contributed by atoms with van der Waals surface area (Å²) in [5.74, 6) is 0. The summed E-state index contributed by atoms with van der Waals surface area (Å²) >= 11 is 5.55. The van der Waals surface area contributed by atoms with Crippen molar-refractivity contribution < 1.29 is 0 Å². The zero-order valence-corrected chi connectivity index (χ0v) is 12.3. The number of anilines is 1. The predicted molar refractivity (Wildman–Crippen MR) is 82.2 cm³/mol. The topological polar surface area (TPSA) is 15.3 Å². The highest BCUT2D eigenvalue weighted by Crippen LogP contribution is 2.21. The summed E-state index contributed by atoms with van der Waals surface area (Å²) in [6.45, 7) is 7.61. The van der Waals surface area contributed by atoms with Gasteiger partial charge in [-0.15, -0.1) is 0 Å². The van der Waals surface area contributed by atoms with Crippen molar-refractivity contribution in [2.45, 2.75) is 46.1 Å². The molecule has 1 fully saturated rings. The third-order valence-corrected chi connectivity index (χ3v) is 4.25. The van der Waals surface area contributed by atoms with E-state index in [1.165, 1.54) is 30.4 Å². The lowest BCUT2D eigenvalue weighted by molar-refractivity contribution is 0.262.